The Hall–Kier alpha value is -3.60. The van der Waals surface area contributed by atoms with Crippen molar-refractivity contribution in [3.05, 3.63) is 94.9 Å². The number of sulfonamides is 1. The minimum atomic E-state index is -4.10. The van der Waals surface area contributed by atoms with E-state index in [1.807, 2.05) is 37.3 Å². The van der Waals surface area contributed by atoms with Crippen molar-refractivity contribution in [1.82, 2.24) is 19.3 Å². The van der Waals surface area contributed by atoms with Crippen LogP contribution in [0.2, 0.25) is 19.6 Å². The number of pyridine rings is 1. The maximum absolute atomic E-state index is 13.6. The number of rotatable bonds is 8. The fraction of sp³-hybridized carbons (Fsp3) is 0.258. The lowest BCUT2D eigenvalue weighted by Crippen LogP contribution is -2.35. The molecular weight excluding hydrogens is 569 g/mol. The maximum atomic E-state index is 13.6. The van der Waals surface area contributed by atoms with Gasteiger partial charge in [-0.25, -0.2) is 23.1 Å². The van der Waals surface area contributed by atoms with E-state index in [1.54, 1.807) is 30.3 Å². The van der Waals surface area contributed by atoms with E-state index >= 15 is 0 Å². The first-order chi connectivity index (χ1) is 19.4. The lowest BCUT2D eigenvalue weighted by molar-refractivity contribution is 0.0981. The Kier molecular flexibility index (Phi) is 7.75. The van der Waals surface area contributed by atoms with Crippen molar-refractivity contribution in [3.63, 3.8) is 0 Å². The number of fused-ring (bicyclic) bond motifs is 1. The zero-order valence-corrected chi connectivity index (χ0v) is 26.8. The van der Waals surface area contributed by atoms with E-state index in [0.717, 1.165) is 50.3 Å². The molecule has 1 amide bonds. The molecule has 0 aliphatic rings. The zero-order valence-electron chi connectivity index (χ0n) is 24.1. The summed E-state index contributed by atoms with van der Waals surface area (Å²) >= 11 is 1.26. The van der Waals surface area contributed by atoms with Crippen molar-refractivity contribution in [2.45, 2.75) is 57.6 Å². The van der Waals surface area contributed by atoms with Crippen LogP contribution in [-0.4, -0.2) is 36.9 Å². The largest absolute Gasteiger partial charge is 0.308 e. The topological polar surface area (TPSA) is 93.9 Å². The van der Waals surface area contributed by atoms with Crippen LogP contribution in [0.1, 0.15) is 39.9 Å². The minimum absolute atomic E-state index is 0.163. The third-order valence-corrected chi connectivity index (χ3v) is 13.5. The molecule has 0 saturated heterocycles. The van der Waals surface area contributed by atoms with Gasteiger partial charge in [0.1, 0.15) is 15.6 Å². The van der Waals surface area contributed by atoms with E-state index in [0.29, 0.717) is 17.7 Å². The van der Waals surface area contributed by atoms with Gasteiger partial charge < -0.3 is 4.57 Å². The number of nitrogens with one attached hydrogen (secondary N) is 1. The van der Waals surface area contributed by atoms with Gasteiger partial charge >= 0.3 is 0 Å². The first-order valence-electron chi connectivity index (χ1n) is 13.6. The molecule has 0 radical (unpaired) electrons. The molecule has 1 N–H and O–H groups in total. The standard InChI is InChI=1S/C31H34N4O3S2Si/c1-7-26-33-28-20(2)17-21(3)32-29(28)35(26)19-22-13-15-23(16-14-22)25-18-27(41(4,5)6)39-31(25)40(37,38)34-30(36)24-11-9-8-10-12-24/h8-18H,7,19H2,1-6H3,(H,34,36). The van der Waals surface area contributed by atoms with Gasteiger partial charge in [0, 0.05) is 23.2 Å². The van der Waals surface area contributed by atoms with Crippen LogP contribution >= 0.6 is 11.3 Å². The summed E-state index contributed by atoms with van der Waals surface area (Å²) in [6.45, 7) is 13.3. The molecule has 0 aliphatic heterocycles. The van der Waals surface area contributed by atoms with Crippen LogP contribution in [0.3, 0.4) is 0 Å². The Morgan fingerprint density at radius 3 is 2.29 bits per heavy atom. The highest BCUT2D eigenvalue weighted by atomic mass is 32.2. The second-order valence-corrected chi connectivity index (χ2v) is 19.6. The van der Waals surface area contributed by atoms with Gasteiger partial charge in [0.15, 0.2) is 5.65 Å². The van der Waals surface area contributed by atoms with Crippen LogP contribution in [0.5, 0.6) is 0 Å². The van der Waals surface area contributed by atoms with Gasteiger partial charge in [-0.15, -0.1) is 11.3 Å². The predicted octanol–water partition coefficient (Wildman–Crippen LogP) is 6.05. The van der Waals surface area contributed by atoms with Crippen LogP contribution in [0.4, 0.5) is 0 Å². The first-order valence-corrected chi connectivity index (χ1v) is 19.4. The Balaban J connectivity index is 1.50. The molecule has 5 rings (SSSR count). The Morgan fingerprint density at radius 1 is 0.976 bits per heavy atom. The van der Waals surface area contributed by atoms with E-state index in [1.165, 1.54) is 11.3 Å². The summed E-state index contributed by atoms with van der Waals surface area (Å²) in [5.74, 6) is 0.332. The van der Waals surface area contributed by atoms with Gasteiger partial charge in [0.05, 0.1) is 14.6 Å². The Morgan fingerprint density at radius 2 is 1.66 bits per heavy atom. The molecule has 2 aromatic carbocycles. The van der Waals surface area contributed by atoms with Crippen LogP contribution in [-0.2, 0) is 23.0 Å². The molecule has 0 bridgehead atoms. The Bertz CT molecular complexity index is 1850. The van der Waals surface area contributed by atoms with Gasteiger partial charge in [-0.05, 0) is 59.3 Å². The first kappa shape index (κ1) is 28.9. The van der Waals surface area contributed by atoms with Gasteiger partial charge in [0.25, 0.3) is 15.9 Å². The van der Waals surface area contributed by atoms with Gasteiger partial charge in [0.2, 0.25) is 0 Å². The molecule has 0 aliphatic carbocycles. The average Bonchev–Trinajstić information content (AvgIpc) is 3.53. The molecule has 0 fully saturated rings. The van der Waals surface area contributed by atoms with Crippen molar-refractivity contribution in [2.75, 3.05) is 0 Å². The summed E-state index contributed by atoms with van der Waals surface area (Å²) in [7, 11) is -5.93. The molecule has 41 heavy (non-hydrogen) atoms. The molecule has 7 nitrogen and oxygen atoms in total. The second kappa shape index (κ2) is 11.0. The van der Waals surface area contributed by atoms with Gasteiger partial charge in [-0.2, -0.15) is 0 Å². The van der Waals surface area contributed by atoms with Crippen LogP contribution in [0.15, 0.2) is 70.9 Å². The maximum Gasteiger partial charge on any atom is 0.274 e. The minimum Gasteiger partial charge on any atom is -0.308 e. The molecule has 10 heteroatoms. The van der Waals surface area contributed by atoms with Gasteiger partial charge in [-0.1, -0.05) is 69.0 Å². The number of nitrogens with zero attached hydrogens (tertiary/aromatic N) is 3. The number of thiophene rings is 1. The summed E-state index contributed by atoms with van der Waals surface area (Å²) in [6.07, 6.45) is 0.789. The van der Waals surface area contributed by atoms with Crippen LogP contribution < -0.4 is 9.22 Å². The average molecular weight is 603 g/mol. The molecule has 3 heterocycles. The smallest absolute Gasteiger partial charge is 0.274 e. The van der Waals surface area contributed by atoms with E-state index in [4.69, 9.17) is 9.97 Å². The third-order valence-electron chi connectivity index (χ3n) is 6.97. The summed E-state index contributed by atoms with van der Waals surface area (Å²) in [5, 5.41) is 0. The second-order valence-electron chi connectivity index (χ2n) is 11.3. The van der Waals surface area contributed by atoms with Crippen molar-refractivity contribution in [3.8, 4) is 11.1 Å². The van der Waals surface area contributed by atoms with Crippen molar-refractivity contribution in [1.29, 1.82) is 0 Å². The zero-order chi connectivity index (χ0) is 29.5. The molecule has 3 aromatic heterocycles. The molecule has 0 saturated carbocycles. The fourth-order valence-electron chi connectivity index (χ4n) is 4.82. The normalized spacial score (nSPS) is 12.1. The molecule has 0 spiro atoms. The van der Waals surface area contributed by atoms with Crippen LogP contribution in [0, 0.1) is 13.8 Å². The van der Waals surface area contributed by atoms with Crippen LogP contribution in [0.25, 0.3) is 22.3 Å². The number of hydrogen-bond acceptors (Lipinski definition) is 6. The van der Waals surface area contributed by atoms with Gasteiger partial charge in [-0.3, -0.25) is 4.79 Å². The van der Waals surface area contributed by atoms with E-state index in [2.05, 4.69) is 48.8 Å². The third kappa shape index (κ3) is 5.90. The van der Waals surface area contributed by atoms with E-state index in [9.17, 15) is 13.2 Å². The molecule has 0 unspecified atom stereocenters. The quantitative estimate of drug-likeness (QED) is 0.218. The number of carbonyl (C=O) groups is 1. The lowest BCUT2D eigenvalue weighted by Gasteiger charge is -2.12. The lowest BCUT2D eigenvalue weighted by atomic mass is 10.1. The number of hydrogen-bond donors (Lipinski definition) is 1. The van der Waals surface area contributed by atoms with Crippen molar-refractivity contribution < 1.29 is 13.2 Å². The molecular formula is C31H34N4O3S2Si. The summed E-state index contributed by atoms with van der Waals surface area (Å²) in [5.41, 5.74) is 6.63. The summed E-state index contributed by atoms with van der Waals surface area (Å²) in [4.78, 5) is 22.4. The fourth-order valence-corrected chi connectivity index (χ4v) is 9.57. The number of imidazole rings is 1. The summed E-state index contributed by atoms with van der Waals surface area (Å²) < 4.78 is 32.8. The number of amides is 1. The number of carbonyl (C=O) groups excluding carboxylic acids is 1. The highest BCUT2D eigenvalue weighted by molar-refractivity contribution is 7.92. The SMILES string of the molecule is CCc1nc2c(C)cc(C)nc2n1Cc1ccc(-c2cc([Si](C)(C)C)sc2S(=O)(=O)NC(=O)c2ccccc2)cc1. The number of benzene rings is 2. The van der Waals surface area contributed by atoms with E-state index < -0.39 is 24.0 Å². The molecule has 5 aromatic rings. The molecule has 212 valence electrons. The number of aromatic nitrogens is 3. The van der Waals surface area contributed by atoms with Crippen molar-refractivity contribution in [2.24, 2.45) is 0 Å². The highest BCUT2D eigenvalue weighted by Crippen LogP contribution is 2.33. The van der Waals surface area contributed by atoms with E-state index in [-0.39, 0.29) is 4.21 Å². The highest BCUT2D eigenvalue weighted by Gasteiger charge is 2.29. The number of aryl methyl sites for hydroxylation is 3. The molecule has 0 atom stereocenters. The monoisotopic (exact) mass is 602 g/mol. The predicted molar refractivity (Wildman–Crippen MR) is 169 cm³/mol. The summed E-state index contributed by atoms with van der Waals surface area (Å²) in [6, 6.07) is 20.4. The van der Waals surface area contributed by atoms with Crippen molar-refractivity contribution >= 4 is 51.0 Å². The Labute approximate surface area is 246 Å².